The molecule has 2 N–H and O–H groups in total. The van der Waals surface area contributed by atoms with Crippen molar-refractivity contribution < 1.29 is 4.79 Å². The summed E-state index contributed by atoms with van der Waals surface area (Å²) in [7, 11) is 2.01. The molecule has 0 aliphatic carbocycles. The summed E-state index contributed by atoms with van der Waals surface area (Å²) in [6, 6.07) is 6.02. The summed E-state index contributed by atoms with van der Waals surface area (Å²) >= 11 is 5.96. The third-order valence-corrected chi connectivity index (χ3v) is 4.03. The zero-order valence-corrected chi connectivity index (χ0v) is 14.1. The lowest BCUT2D eigenvalue weighted by molar-refractivity contribution is -0.117. The van der Waals surface area contributed by atoms with Crippen LogP contribution in [0.5, 0.6) is 0 Å². The van der Waals surface area contributed by atoms with Crippen LogP contribution in [0.4, 0.5) is 5.69 Å². The predicted molar refractivity (Wildman–Crippen MR) is 90.6 cm³/mol. The summed E-state index contributed by atoms with van der Waals surface area (Å²) in [5.41, 5.74) is 1.81. The Morgan fingerprint density at radius 3 is 2.76 bits per heavy atom. The van der Waals surface area contributed by atoms with Gasteiger partial charge < -0.3 is 10.6 Å². The average molecular weight is 332 g/mol. The number of rotatable bonds is 4. The fraction of sp³-hybridized carbons (Fsp3) is 0.533. The van der Waals surface area contributed by atoms with Crippen LogP contribution in [0.3, 0.4) is 0 Å². The van der Waals surface area contributed by atoms with Crippen molar-refractivity contribution in [1.82, 2.24) is 10.2 Å². The van der Waals surface area contributed by atoms with Crippen LogP contribution in [-0.2, 0) is 4.79 Å². The molecular weight excluding hydrogens is 309 g/mol. The van der Waals surface area contributed by atoms with Crippen molar-refractivity contribution in [2.75, 3.05) is 32.0 Å². The standard InChI is InChI=1S/C15H22ClN3O.ClH/c1-11-3-4-12(16)9-14(11)18-15(20)10-19(2)13-5-7-17-8-6-13;/h3-4,9,13,17H,5-8,10H2,1-2H3,(H,18,20);1H. The van der Waals surface area contributed by atoms with E-state index in [0.29, 0.717) is 17.6 Å². The largest absolute Gasteiger partial charge is 0.325 e. The minimum Gasteiger partial charge on any atom is -0.325 e. The molecule has 0 unspecified atom stereocenters. The van der Waals surface area contributed by atoms with Crippen LogP contribution < -0.4 is 10.6 Å². The Labute approximate surface area is 137 Å². The molecule has 1 amide bonds. The molecule has 1 saturated heterocycles. The Morgan fingerprint density at radius 2 is 2.10 bits per heavy atom. The molecule has 1 fully saturated rings. The number of hydrogen-bond donors (Lipinski definition) is 2. The van der Waals surface area contributed by atoms with E-state index >= 15 is 0 Å². The lowest BCUT2D eigenvalue weighted by atomic mass is 10.1. The van der Waals surface area contributed by atoms with Gasteiger partial charge in [-0.05, 0) is 57.6 Å². The van der Waals surface area contributed by atoms with Crippen LogP contribution in [0.15, 0.2) is 18.2 Å². The quantitative estimate of drug-likeness (QED) is 0.891. The SMILES string of the molecule is Cc1ccc(Cl)cc1NC(=O)CN(C)C1CCNCC1.Cl. The van der Waals surface area contributed by atoms with Crippen molar-refractivity contribution in [3.8, 4) is 0 Å². The lowest BCUT2D eigenvalue weighted by Crippen LogP contribution is -2.44. The lowest BCUT2D eigenvalue weighted by Gasteiger charge is -2.31. The highest BCUT2D eigenvalue weighted by atomic mass is 35.5. The molecule has 1 heterocycles. The second-order valence-corrected chi connectivity index (χ2v) is 5.84. The van der Waals surface area contributed by atoms with Gasteiger partial charge in [-0.3, -0.25) is 9.69 Å². The number of amides is 1. The first-order valence-corrected chi connectivity index (χ1v) is 7.41. The summed E-state index contributed by atoms with van der Waals surface area (Å²) in [4.78, 5) is 14.3. The van der Waals surface area contributed by atoms with Crippen molar-refractivity contribution in [2.24, 2.45) is 0 Å². The Bertz CT molecular complexity index is 476. The van der Waals surface area contributed by atoms with Crippen LogP contribution in [0, 0.1) is 6.92 Å². The molecule has 1 aromatic carbocycles. The van der Waals surface area contributed by atoms with E-state index < -0.39 is 0 Å². The molecule has 0 bridgehead atoms. The van der Waals surface area contributed by atoms with Crippen LogP contribution in [0.2, 0.25) is 5.02 Å². The molecule has 0 spiro atoms. The van der Waals surface area contributed by atoms with E-state index in [1.807, 2.05) is 26.1 Å². The molecule has 1 aliphatic rings. The van der Waals surface area contributed by atoms with Crippen molar-refractivity contribution >= 4 is 35.6 Å². The first-order valence-electron chi connectivity index (χ1n) is 7.03. The smallest absolute Gasteiger partial charge is 0.238 e. The molecule has 2 rings (SSSR count). The van der Waals surface area contributed by atoms with Gasteiger partial charge in [0.05, 0.1) is 6.54 Å². The molecule has 0 aromatic heterocycles. The average Bonchev–Trinajstić information content (AvgIpc) is 2.43. The Hall–Kier alpha value is -0.810. The van der Waals surface area contributed by atoms with Gasteiger partial charge in [0.2, 0.25) is 5.91 Å². The molecule has 0 radical (unpaired) electrons. The number of piperidine rings is 1. The minimum absolute atomic E-state index is 0. The molecule has 1 aromatic rings. The van der Waals surface area contributed by atoms with Gasteiger partial charge in [-0.25, -0.2) is 0 Å². The van der Waals surface area contributed by atoms with Gasteiger partial charge in [-0.15, -0.1) is 12.4 Å². The van der Waals surface area contributed by atoms with Gasteiger partial charge in [0, 0.05) is 16.8 Å². The summed E-state index contributed by atoms with van der Waals surface area (Å²) in [5, 5.41) is 6.91. The number of benzene rings is 1. The maximum Gasteiger partial charge on any atom is 0.238 e. The fourth-order valence-electron chi connectivity index (χ4n) is 2.52. The molecule has 0 atom stereocenters. The highest BCUT2D eigenvalue weighted by Crippen LogP contribution is 2.20. The van der Waals surface area contributed by atoms with Crippen LogP contribution in [0.1, 0.15) is 18.4 Å². The topological polar surface area (TPSA) is 44.4 Å². The Morgan fingerprint density at radius 1 is 1.43 bits per heavy atom. The maximum atomic E-state index is 12.1. The molecule has 0 saturated carbocycles. The van der Waals surface area contributed by atoms with E-state index in [0.717, 1.165) is 37.2 Å². The maximum absolute atomic E-state index is 12.1. The van der Waals surface area contributed by atoms with Gasteiger partial charge in [0.1, 0.15) is 0 Å². The van der Waals surface area contributed by atoms with Crippen LogP contribution in [-0.4, -0.2) is 43.5 Å². The molecule has 21 heavy (non-hydrogen) atoms. The number of carbonyl (C=O) groups excluding carboxylic acids is 1. The number of hydrogen-bond acceptors (Lipinski definition) is 3. The van der Waals surface area contributed by atoms with Crippen LogP contribution in [0.25, 0.3) is 0 Å². The normalized spacial score (nSPS) is 15.6. The number of anilines is 1. The number of likely N-dealkylation sites (N-methyl/N-ethyl adjacent to an activating group) is 1. The summed E-state index contributed by atoms with van der Waals surface area (Å²) < 4.78 is 0. The minimum atomic E-state index is 0. The van der Waals surface area contributed by atoms with E-state index in [-0.39, 0.29) is 18.3 Å². The van der Waals surface area contributed by atoms with Crippen molar-refractivity contribution in [1.29, 1.82) is 0 Å². The molecule has 118 valence electrons. The monoisotopic (exact) mass is 331 g/mol. The van der Waals surface area contributed by atoms with E-state index in [4.69, 9.17) is 11.6 Å². The summed E-state index contributed by atoms with van der Waals surface area (Å²) in [6.45, 7) is 4.44. The van der Waals surface area contributed by atoms with Gasteiger partial charge in [-0.2, -0.15) is 0 Å². The molecular formula is C15H23Cl2N3O. The van der Waals surface area contributed by atoms with Gasteiger partial charge >= 0.3 is 0 Å². The zero-order valence-electron chi connectivity index (χ0n) is 12.5. The van der Waals surface area contributed by atoms with Crippen molar-refractivity contribution in [2.45, 2.75) is 25.8 Å². The molecule has 1 aliphatic heterocycles. The first kappa shape index (κ1) is 18.2. The van der Waals surface area contributed by atoms with Gasteiger partial charge in [0.15, 0.2) is 0 Å². The van der Waals surface area contributed by atoms with E-state index in [2.05, 4.69) is 15.5 Å². The number of nitrogens with one attached hydrogen (secondary N) is 2. The number of nitrogens with zero attached hydrogens (tertiary/aromatic N) is 1. The van der Waals surface area contributed by atoms with E-state index in [9.17, 15) is 4.79 Å². The fourth-order valence-corrected chi connectivity index (χ4v) is 2.69. The summed E-state index contributed by atoms with van der Waals surface area (Å²) in [6.07, 6.45) is 2.19. The zero-order chi connectivity index (χ0) is 14.5. The van der Waals surface area contributed by atoms with Gasteiger partial charge in [-0.1, -0.05) is 17.7 Å². The highest BCUT2D eigenvalue weighted by Gasteiger charge is 2.19. The van der Waals surface area contributed by atoms with Crippen molar-refractivity contribution in [3.63, 3.8) is 0 Å². The molecule has 6 heteroatoms. The van der Waals surface area contributed by atoms with E-state index in [1.54, 1.807) is 6.07 Å². The predicted octanol–water partition coefficient (Wildman–Crippen LogP) is 2.69. The number of halogens is 2. The summed E-state index contributed by atoms with van der Waals surface area (Å²) in [5.74, 6) is 0.0106. The second-order valence-electron chi connectivity index (χ2n) is 5.40. The highest BCUT2D eigenvalue weighted by molar-refractivity contribution is 6.31. The van der Waals surface area contributed by atoms with Gasteiger partial charge in [0.25, 0.3) is 0 Å². The van der Waals surface area contributed by atoms with Crippen LogP contribution >= 0.6 is 24.0 Å². The van der Waals surface area contributed by atoms with E-state index in [1.165, 1.54) is 0 Å². The number of aryl methyl sites for hydroxylation is 1. The number of carbonyl (C=O) groups is 1. The Kier molecular flexibility index (Phi) is 7.46. The third kappa shape index (κ3) is 5.47. The Balaban J connectivity index is 0.00000220. The molecule has 4 nitrogen and oxygen atoms in total. The second kappa shape index (κ2) is 8.59. The third-order valence-electron chi connectivity index (χ3n) is 3.80. The first-order chi connectivity index (χ1) is 9.56. The van der Waals surface area contributed by atoms with Crippen molar-refractivity contribution in [3.05, 3.63) is 28.8 Å².